The molecule has 2 atom stereocenters. The predicted molar refractivity (Wildman–Crippen MR) is 81.4 cm³/mol. The second-order valence-electron chi connectivity index (χ2n) is 5.80. The first-order valence-electron chi connectivity index (χ1n) is 7.33. The van der Waals surface area contributed by atoms with Crippen LogP contribution in [0.3, 0.4) is 0 Å². The summed E-state index contributed by atoms with van der Waals surface area (Å²) in [5, 5.41) is 3.46. The van der Waals surface area contributed by atoms with Crippen molar-refractivity contribution in [1.82, 2.24) is 9.97 Å². The van der Waals surface area contributed by atoms with E-state index in [2.05, 4.69) is 22.2 Å². The van der Waals surface area contributed by atoms with Gasteiger partial charge in [0.25, 0.3) is 0 Å². The molecule has 1 fully saturated rings. The van der Waals surface area contributed by atoms with Gasteiger partial charge in [0.15, 0.2) is 6.29 Å². The second kappa shape index (κ2) is 7.02. The largest absolute Gasteiger partial charge is 0.369 e. The van der Waals surface area contributed by atoms with Gasteiger partial charge in [-0.2, -0.15) is 0 Å². The number of anilines is 1. The molecule has 110 valence electrons. The molecule has 2 unspecified atom stereocenters. The molecule has 1 aromatic rings. The van der Waals surface area contributed by atoms with Crippen molar-refractivity contribution in [3.63, 3.8) is 0 Å². The minimum atomic E-state index is 0.223. The molecule has 0 radical (unpaired) electrons. The van der Waals surface area contributed by atoms with Crippen LogP contribution in [0.2, 0.25) is 5.15 Å². The Morgan fingerprint density at radius 1 is 1.40 bits per heavy atom. The Kier molecular flexibility index (Phi) is 5.35. The first-order valence-corrected chi connectivity index (χ1v) is 7.71. The van der Waals surface area contributed by atoms with Gasteiger partial charge in [-0.15, -0.1) is 0 Å². The molecule has 1 aliphatic carbocycles. The van der Waals surface area contributed by atoms with Gasteiger partial charge < -0.3 is 5.32 Å². The fourth-order valence-electron chi connectivity index (χ4n) is 3.00. The molecule has 1 heterocycles. The van der Waals surface area contributed by atoms with E-state index in [1.165, 1.54) is 25.7 Å². The van der Waals surface area contributed by atoms with Crippen molar-refractivity contribution in [2.75, 3.05) is 11.9 Å². The van der Waals surface area contributed by atoms with Crippen molar-refractivity contribution < 1.29 is 4.79 Å². The van der Waals surface area contributed by atoms with E-state index >= 15 is 0 Å². The van der Waals surface area contributed by atoms with E-state index in [1.54, 1.807) is 6.92 Å². The number of halogens is 1. The molecule has 1 aliphatic rings. The normalized spacial score (nSPS) is 22.6. The van der Waals surface area contributed by atoms with Gasteiger partial charge in [0, 0.05) is 6.54 Å². The Morgan fingerprint density at radius 3 is 2.90 bits per heavy atom. The lowest BCUT2D eigenvalue weighted by Gasteiger charge is -2.26. The number of nitrogens with one attached hydrogen (secondary N) is 1. The van der Waals surface area contributed by atoms with Gasteiger partial charge in [0.05, 0.1) is 5.56 Å². The summed E-state index contributed by atoms with van der Waals surface area (Å²) in [6, 6.07) is 0. The van der Waals surface area contributed by atoms with Crippen LogP contribution in [0.4, 0.5) is 5.82 Å². The zero-order valence-electron chi connectivity index (χ0n) is 12.2. The number of carbonyl (C=O) groups is 1. The third-order valence-electron chi connectivity index (χ3n) is 4.02. The van der Waals surface area contributed by atoms with Crippen molar-refractivity contribution in [2.24, 2.45) is 11.8 Å². The van der Waals surface area contributed by atoms with E-state index in [0.29, 0.717) is 23.5 Å². The molecule has 20 heavy (non-hydrogen) atoms. The molecule has 1 N–H and O–H groups in total. The van der Waals surface area contributed by atoms with Crippen molar-refractivity contribution in [3.05, 3.63) is 16.5 Å². The van der Waals surface area contributed by atoms with Gasteiger partial charge in [-0.3, -0.25) is 4.79 Å². The number of carbonyl (C=O) groups excluding carboxylic acids is 1. The van der Waals surface area contributed by atoms with E-state index in [-0.39, 0.29) is 5.15 Å². The van der Waals surface area contributed by atoms with Crippen molar-refractivity contribution in [3.8, 4) is 0 Å². The maximum atomic E-state index is 11.1. The molecule has 0 saturated heterocycles. The lowest BCUT2D eigenvalue weighted by atomic mass is 9.81. The van der Waals surface area contributed by atoms with Gasteiger partial charge in [-0.25, -0.2) is 9.97 Å². The fraction of sp³-hybridized carbons (Fsp3) is 0.667. The van der Waals surface area contributed by atoms with E-state index < -0.39 is 0 Å². The first-order chi connectivity index (χ1) is 9.60. The molecular weight excluding hydrogens is 274 g/mol. The van der Waals surface area contributed by atoms with Crippen LogP contribution in [-0.2, 0) is 0 Å². The maximum absolute atomic E-state index is 11.1. The third-order valence-corrected chi connectivity index (χ3v) is 4.31. The molecule has 0 aromatic carbocycles. The molecule has 0 aliphatic heterocycles. The summed E-state index contributed by atoms with van der Waals surface area (Å²) in [6.07, 6.45) is 7.15. The van der Waals surface area contributed by atoms with Crippen molar-refractivity contribution in [1.29, 1.82) is 0 Å². The molecular formula is C15H22ClN3O. The average molecular weight is 296 g/mol. The van der Waals surface area contributed by atoms with Crippen LogP contribution in [0.5, 0.6) is 0 Å². The Morgan fingerprint density at radius 2 is 2.20 bits per heavy atom. The average Bonchev–Trinajstić information content (AvgIpc) is 2.38. The number of nitrogens with zero attached hydrogens (tertiary/aromatic N) is 2. The Balaban J connectivity index is 1.92. The summed E-state index contributed by atoms with van der Waals surface area (Å²) in [5.41, 5.74) is 0.356. The minimum Gasteiger partial charge on any atom is -0.369 e. The van der Waals surface area contributed by atoms with Crippen LogP contribution in [0.1, 0.15) is 55.2 Å². The number of aryl methyl sites for hydroxylation is 1. The monoisotopic (exact) mass is 295 g/mol. The zero-order chi connectivity index (χ0) is 14.5. The van der Waals surface area contributed by atoms with Gasteiger partial charge >= 0.3 is 0 Å². The number of rotatable bonds is 5. The standard InChI is InChI=1S/C15H22ClN3O/c1-10-4-3-5-12(8-10)6-7-17-15-13(9-20)14(16)18-11(2)19-15/h9-10,12H,3-8H2,1-2H3,(H,17,18,19). The lowest BCUT2D eigenvalue weighted by molar-refractivity contribution is 0.112. The second-order valence-corrected chi connectivity index (χ2v) is 6.15. The summed E-state index contributed by atoms with van der Waals surface area (Å²) in [7, 11) is 0. The quantitative estimate of drug-likeness (QED) is 0.661. The van der Waals surface area contributed by atoms with Crippen LogP contribution in [0.15, 0.2) is 0 Å². The van der Waals surface area contributed by atoms with E-state index in [9.17, 15) is 4.79 Å². The highest BCUT2D eigenvalue weighted by Gasteiger charge is 2.18. The lowest BCUT2D eigenvalue weighted by Crippen LogP contribution is -2.17. The number of aromatic nitrogens is 2. The van der Waals surface area contributed by atoms with Gasteiger partial charge in [-0.05, 0) is 31.6 Å². The molecule has 0 spiro atoms. The minimum absolute atomic E-state index is 0.223. The highest BCUT2D eigenvalue weighted by molar-refractivity contribution is 6.32. The highest BCUT2D eigenvalue weighted by atomic mass is 35.5. The molecule has 0 bridgehead atoms. The van der Waals surface area contributed by atoms with Crippen molar-refractivity contribution >= 4 is 23.7 Å². The van der Waals surface area contributed by atoms with Crippen LogP contribution in [0, 0.1) is 18.8 Å². The summed E-state index contributed by atoms with van der Waals surface area (Å²) in [4.78, 5) is 19.3. The topological polar surface area (TPSA) is 54.9 Å². The molecule has 2 rings (SSSR count). The molecule has 0 amide bonds. The van der Waals surface area contributed by atoms with Crippen LogP contribution >= 0.6 is 11.6 Å². The number of aldehydes is 1. The van der Waals surface area contributed by atoms with E-state index in [1.807, 2.05) is 0 Å². The zero-order valence-corrected chi connectivity index (χ0v) is 12.9. The predicted octanol–water partition coefficient (Wildman–Crippen LogP) is 3.88. The highest BCUT2D eigenvalue weighted by Crippen LogP contribution is 2.30. The van der Waals surface area contributed by atoms with E-state index in [0.717, 1.165) is 24.8 Å². The number of hydrogen-bond acceptors (Lipinski definition) is 4. The van der Waals surface area contributed by atoms with Crippen LogP contribution in [-0.4, -0.2) is 22.8 Å². The summed E-state index contributed by atoms with van der Waals surface area (Å²) in [6.45, 7) is 4.93. The maximum Gasteiger partial charge on any atom is 0.156 e. The SMILES string of the molecule is Cc1nc(Cl)c(C=O)c(NCCC2CCCC(C)C2)n1. The number of hydrogen-bond donors (Lipinski definition) is 1. The Bertz CT molecular complexity index is 478. The molecule has 1 aromatic heterocycles. The van der Waals surface area contributed by atoms with Crippen LogP contribution < -0.4 is 5.32 Å². The first kappa shape index (κ1) is 15.2. The summed E-state index contributed by atoms with van der Waals surface area (Å²) < 4.78 is 0. The van der Waals surface area contributed by atoms with Gasteiger partial charge in [0.1, 0.15) is 16.8 Å². The third kappa shape index (κ3) is 3.92. The molecule has 4 nitrogen and oxygen atoms in total. The Labute approximate surface area is 125 Å². The van der Waals surface area contributed by atoms with Gasteiger partial charge in [0.2, 0.25) is 0 Å². The fourth-order valence-corrected chi connectivity index (χ4v) is 3.26. The smallest absolute Gasteiger partial charge is 0.156 e. The summed E-state index contributed by atoms with van der Waals surface area (Å²) in [5.74, 6) is 2.76. The van der Waals surface area contributed by atoms with Gasteiger partial charge in [-0.1, -0.05) is 37.8 Å². The molecule has 5 heteroatoms. The molecule has 1 saturated carbocycles. The van der Waals surface area contributed by atoms with E-state index in [4.69, 9.17) is 11.6 Å². The Hall–Kier alpha value is -1.16. The van der Waals surface area contributed by atoms with Crippen LogP contribution in [0.25, 0.3) is 0 Å². The van der Waals surface area contributed by atoms with Crippen molar-refractivity contribution in [2.45, 2.75) is 46.0 Å². The summed E-state index contributed by atoms with van der Waals surface area (Å²) >= 11 is 5.96.